The summed E-state index contributed by atoms with van der Waals surface area (Å²) in [6.45, 7) is 7.39. The maximum absolute atomic E-state index is 14.1. The largest absolute Gasteiger partial charge is 0.459 e. The number of anilines is 2. The number of hydrogen-bond donors (Lipinski definition) is 0. The molecule has 0 bridgehead atoms. The van der Waals surface area contributed by atoms with Crippen LogP contribution in [0.4, 0.5) is 15.8 Å². The number of likely N-dealkylation sites (tertiary alicyclic amines) is 2. The molecule has 278 valence electrons. The Labute approximate surface area is 320 Å². The van der Waals surface area contributed by atoms with Crippen LogP contribution in [-0.2, 0) is 50.9 Å². The van der Waals surface area contributed by atoms with Crippen LogP contribution in [0.5, 0.6) is 0 Å². The highest BCUT2D eigenvalue weighted by molar-refractivity contribution is 6.33. The number of rotatable bonds is 5. The predicted molar refractivity (Wildman–Crippen MR) is 196 cm³/mol. The lowest BCUT2D eigenvalue weighted by Crippen LogP contribution is -2.47. The number of nitrogens with zero attached hydrogens (tertiary/aromatic N) is 4. The first-order chi connectivity index (χ1) is 24.8. The molecule has 11 nitrogen and oxygen atoms in total. The summed E-state index contributed by atoms with van der Waals surface area (Å²) >= 11 is 18.1. The third kappa shape index (κ3) is 6.34. The number of hydrogen-bond acceptors (Lipinski definition) is 7. The zero-order valence-corrected chi connectivity index (χ0v) is 31.9. The van der Waals surface area contributed by atoms with Gasteiger partial charge in [-0.15, -0.1) is 0 Å². The van der Waals surface area contributed by atoms with Gasteiger partial charge in [-0.1, -0.05) is 34.8 Å². The van der Waals surface area contributed by atoms with Crippen LogP contribution in [-0.4, -0.2) is 77.6 Å². The molecule has 2 atom stereocenters. The third-order valence-corrected chi connectivity index (χ3v) is 10.6. The van der Waals surface area contributed by atoms with Crippen molar-refractivity contribution >= 4 is 81.7 Å². The van der Waals surface area contributed by atoms with Gasteiger partial charge < -0.3 is 14.5 Å². The number of amides is 5. The molecule has 2 saturated heterocycles. The van der Waals surface area contributed by atoms with Crippen LogP contribution in [0.15, 0.2) is 54.6 Å². The van der Waals surface area contributed by atoms with E-state index in [4.69, 9.17) is 39.5 Å². The van der Waals surface area contributed by atoms with E-state index in [1.54, 1.807) is 76.0 Å². The standard InChI is InChI=1S/C20H15Cl2FN2O3.C18H21ClN2O4/c1-2-24-16-6-4-13(22)8-14(16)20(18(24)27)9-17(26)25(19(20)28)10-11-7-12(21)3-5-15(11)23;1-17(2,3)25-14(22)10-21-13-6-5-11(19)9-12(13)18(16(21)24)7-8-20(4)15(18)23/h3-8H,2,9-10H2,1H3;5-6,9H,7-8,10H2,1-4H3. The fourth-order valence-electron chi connectivity index (χ4n) is 7.49. The van der Waals surface area contributed by atoms with E-state index in [1.807, 2.05) is 0 Å². The van der Waals surface area contributed by atoms with E-state index in [9.17, 15) is 33.2 Å². The molecule has 0 aliphatic carbocycles. The zero-order chi connectivity index (χ0) is 38.8. The van der Waals surface area contributed by atoms with E-state index in [2.05, 4.69) is 0 Å². The Kier molecular flexibility index (Phi) is 9.89. The number of carbonyl (C=O) groups excluding carboxylic acids is 6. The van der Waals surface area contributed by atoms with Gasteiger partial charge in [0, 0.05) is 63.3 Å². The maximum Gasteiger partial charge on any atom is 0.326 e. The number of halogens is 4. The first kappa shape index (κ1) is 38.2. The average Bonchev–Trinajstić information content (AvgIpc) is 3.69. The Morgan fingerprint density at radius 1 is 0.774 bits per heavy atom. The van der Waals surface area contributed by atoms with Crippen LogP contribution in [0.25, 0.3) is 0 Å². The number of esters is 1. The Hall–Kier alpha value is -4.52. The molecule has 0 N–H and O–H groups in total. The van der Waals surface area contributed by atoms with Gasteiger partial charge in [0.1, 0.15) is 18.0 Å². The first-order valence-corrected chi connectivity index (χ1v) is 18.0. The summed E-state index contributed by atoms with van der Waals surface area (Å²) in [5.41, 5.74) is -1.38. The summed E-state index contributed by atoms with van der Waals surface area (Å²) < 4.78 is 19.5. The first-order valence-electron chi connectivity index (χ1n) is 16.9. The molecule has 2 fully saturated rings. The quantitative estimate of drug-likeness (QED) is 0.181. The number of likely N-dealkylation sites (N-methyl/N-ethyl adjacent to an activating group) is 2. The van der Waals surface area contributed by atoms with Crippen LogP contribution < -0.4 is 9.80 Å². The van der Waals surface area contributed by atoms with Gasteiger partial charge in [-0.3, -0.25) is 38.6 Å². The molecule has 4 aliphatic rings. The fraction of sp³-hybridized carbons (Fsp3) is 0.368. The van der Waals surface area contributed by atoms with E-state index in [-0.39, 0.29) is 41.9 Å². The summed E-state index contributed by atoms with van der Waals surface area (Å²) in [4.78, 5) is 82.8. The van der Waals surface area contributed by atoms with Crippen molar-refractivity contribution in [1.82, 2.24) is 9.80 Å². The van der Waals surface area contributed by atoms with E-state index >= 15 is 0 Å². The number of ether oxygens (including phenoxy) is 1. The van der Waals surface area contributed by atoms with E-state index in [1.165, 1.54) is 28.0 Å². The van der Waals surface area contributed by atoms with Gasteiger partial charge in [-0.25, -0.2) is 4.39 Å². The van der Waals surface area contributed by atoms with Crippen molar-refractivity contribution in [3.63, 3.8) is 0 Å². The third-order valence-electron chi connectivity index (χ3n) is 9.86. The van der Waals surface area contributed by atoms with E-state index in [0.717, 1.165) is 4.90 Å². The smallest absolute Gasteiger partial charge is 0.326 e. The van der Waals surface area contributed by atoms with Gasteiger partial charge in [-0.2, -0.15) is 0 Å². The van der Waals surface area contributed by atoms with Crippen molar-refractivity contribution in [2.45, 2.75) is 63.5 Å². The van der Waals surface area contributed by atoms with Gasteiger partial charge in [-0.05, 0) is 88.7 Å². The van der Waals surface area contributed by atoms with Crippen LogP contribution in [0, 0.1) is 5.82 Å². The number of fused-ring (bicyclic) bond motifs is 4. The summed E-state index contributed by atoms with van der Waals surface area (Å²) in [6, 6.07) is 13.8. The SMILES string of the molecule is CCN1C(=O)C2(CC(=O)N(Cc3cc(Cl)ccc3F)C2=O)c2cc(Cl)ccc21.CN1CCC2(C1=O)C(=O)N(CC(=O)OC(C)(C)C)c1ccc(Cl)cc12. The summed E-state index contributed by atoms with van der Waals surface area (Å²) in [6.07, 6.45) is 0.0655. The molecule has 2 spiro atoms. The summed E-state index contributed by atoms with van der Waals surface area (Å²) in [5.74, 6) is -3.40. The van der Waals surface area contributed by atoms with Gasteiger partial charge in [0.05, 0.1) is 13.0 Å². The molecule has 15 heteroatoms. The van der Waals surface area contributed by atoms with Crippen LogP contribution in [0.1, 0.15) is 57.2 Å². The Morgan fingerprint density at radius 3 is 1.87 bits per heavy atom. The monoisotopic (exact) mass is 784 g/mol. The van der Waals surface area contributed by atoms with Crippen molar-refractivity contribution < 1.29 is 37.9 Å². The molecule has 4 heterocycles. The predicted octanol–water partition coefficient (Wildman–Crippen LogP) is 5.82. The minimum Gasteiger partial charge on any atom is -0.459 e. The highest BCUT2D eigenvalue weighted by Crippen LogP contribution is 2.50. The second-order valence-electron chi connectivity index (χ2n) is 14.3. The Bertz CT molecular complexity index is 2110. The van der Waals surface area contributed by atoms with Crippen molar-refractivity contribution in [3.8, 4) is 0 Å². The molecule has 2 unspecified atom stereocenters. The van der Waals surface area contributed by atoms with Crippen molar-refractivity contribution in [1.29, 1.82) is 0 Å². The van der Waals surface area contributed by atoms with E-state index in [0.29, 0.717) is 52.1 Å². The minimum atomic E-state index is -1.65. The van der Waals surface area contributed by atoms with Crippen molar-refractivity contribution in [2.24, 2.45) is 0 Å². The second-order valence-corrected chi connectivity index (χ2v) is 15.6. The van der Waals surface area contributed by atoms with Crippen LogP contribution in [0.3, 0.4) is 0 Å². The summed E-state index contributed by atoms with van der Waals surface area (Å²) in [5, 5.41) is 1.10. The van der Waals surface area contributed by atoms with Crippen LogP contribution in [0.2, 0.25) is 15.1 Å². The van der Waals surface area contributed by atoms with Gasteiger partial charge in [0.25, 0.3) is 0 Å². The molecule has 53 heavy (non-hydrogen) atoms. The number of carbonyl (C=O) groups is 6. The van der Waals surface area contributed by atoms with Gasteiger partial charge >= 0.3 is 5.97 Å². The number of imide groups is 1. The molecule has 3 aromatic rings. The molecule has 0 aromatic heterocycles. The molecular weight excluding hydrogens is 750 g/mol. The van der Waals surface area contributed by atoms with Gasteiger partial charge in [0.2, 0.25) is 29.5 Å². The zero-order valence-electron chi connectivity index (χ0n) is 29.6. The van der Waals surface area contributed by atoms with E-state index < -0.39 is 45.9 Å². The molecular formula is C38H36Cl3FN4O7. The lowest BCUT2D eigenvalue weighted by Gasteiger charge is -2.24. The van der Waals surface area contributed by atoms with Crippen LogP contribution >= 0.6 is 34.8 Å². The molecule has 3 aromatic carbocycles. The minimum absolute atomic E-state index is 0.107. The second kappa shape index (κ2) is 13.7. The average molecular weight is 786 g/mol. The number of benzene rings is 3. The molecule has 0 saturated carbocycles. The molecule has 4 aliphatic heterocycles. The lowest BCUT2D eigenvalue weighted by molar-refractivity contribution is -0.154. The highest BCUT2D eigenvalue weighted by Gasteiger charge is 2.64. The Balaban J connectivity index is 0.000000183. The van der Waals surface area contributed by atoms with Crippen molar-refractivity contribution in [2.75, 3.05) is 36.5 Å². The molecule has 0 radical (unpaired) electrons. The maximum atomic E-state index is 14.1. The lowest BCUT2D eigenvalue weighted by atomic mass is 9.80. The molecule has 7 rings (SSSR count). The topological polar surface area (TPSA) is 125 Å². The van der Waals surface area contributed by atoms with Gasteiger partial charge in [0.15, 0.2) is 10.8 Å². The fourth-order valence-corrected chi connectivity index (χ4v) is 8.03. The highest BCUT2D eigenvalue weighted by atomic mass is 35.5. The summed E-state index contributed by atoms with van der Waals surface area (Å²) in [7, 11) is 1.67. The molecule has 5 amide bonds. The van der Waals surface area contributed by atoms with Crippen molar-refractivity contribution in [3.05, 3.63) is 92.2 Å². The normalized spacial score (nSPS) is 21.9. The Morgan fingerprint density at radius 2 is 1.30 bits per heavy atom.